The van der Waals surface area contributed by atoms with Gasteiger partial charge in [-0.05, 0) is 31.0 Å². The highest BCUT2D eigenvalue weighted by Gasteiger charge is 2.19. The zero-order chi connectivity index (χ0) is 15.4. The monoisotopic (exact) mass is 298 g/mol. The van der Waals surface area contributed by atoms with Gasteiger partial charge in [-0.25, -0.2) is 4.98 Å². The molecular formula is C16H18N4O2. The molecule has 6 nitrogen and oxygen atoms in total. The molecule has 0 unspecified atom stereocenters. The van der Waals surface area contributed by atoms with E-state index in [2.05, 4.69) is 15.3 Å². The number of carbonyl (C=O) groups excluding carboxylic acids is 2. The predicted octanol–water partition coefficient (Wildman–Crippen LogP) is 1.37. The smallest absolute Gasteiger partial charge is 0.269 e. The van der Waals surface area contributed by atoms with Crippen molar-refractivity contribution in [3.63, 3.8) is 0 Å². The molecule has 1 aliphatic rings. The van der Waals surface area contributed by atoms with Crippen molar-refractivity contribution < 1.29 is 9.59 Å². The molecule has 0 saturated carbocycles. The molecule has 3 heterocycles. The van der Waals surface area contributed by atoms with Gasteiger partial charge in [0, 0.05) is 43.8 Å². The summed E-state index contributed by atoms with van der Waals surface area (Å²) < 4.78 is 0. The van der Waals surface area contributed by atoms with Crippen LogP contribution >= 0.6 is 0 Å². The summed E-state index contributed by atoms with van der Waals surface area (Å²) in [4.78, 5) is 33.8. The fourth-order valence-corrected chi connectivity index (χ4v) is 2.59. The number of nitrogens with zero attached hydrogens (tertiary/aromatic N) is 3. The Hall–Kier alpha value is -2.50. The van der Waals surface area contributed by atoms with Gasteiger partial charge < -0.3 is 10.2 Å². The molecule has 0 atom stereocenters. The van der Waals surface area contributed by atoms with Gasteiger partial charge >= 0.3 is 0 Å². The minimum Gasteiger partial charge on any atom is -0.351 e. The number of pyridine rings is 2. The fourth-order valence-electron chi connectivity index (χ4n) is 2.59. The van der Waals surface area contributed by atoms with Crippen LogP contribution in [0.3, 0.4) is 0 Å². The molecule has 0 aliphatic carbocycles. The number of rotatable bonds is 5. The molecule has 1 fully saturated rings. The van der Waals surface area contributed by atoms with Crippen molar-refractivity contribution in [3.8, 4) is 0 Å². The highest BCUT2D eigenvalue weighted by Crippen LogP contribution is 2.11. The topological polar surface area (TPSA) is 75.2 Å². The van der Waals surface area contributed by atoms with Gasteiger partial charge in [0.05, 0.1) is 5.52 Å². The van der Waals surface area contributed by atoms with Crippen molar-refractivity contribution in [1.29, 1.82) is 0 Å². The lowest BCUT2D eigenvalue weighted by Crippen LogP contribution is -2.31. The summed E-state index contributed by atoms with van der Waals surface area (Å²) in [5, 5.41) is 3.76. The van der Waals surface area contributed by atoms with Crippen LogP contribution in [0.4, 0.5) is 0 Å². The lowest BCUT2D eigenvalue weighted by atomic mass is 10.2. The van der Waals surface area contributed by atoms with Crippen LogP contribution in [0.5, 0.6) is 0 Å². The van der Waals surface area contributed by atoms with Gasteiger partial charge in [0.25, 0.3) is 5.91 Å². The van der Waals surface area contributed by atoms with E-state index in [-0.39, 0.29) is 11.8 Å². The van der Waals surface area contributed by atoms with Crippen molar-refractivity contribution in [2.45, 2.75) is 19.3 Å². The van der Waals surface area contributed by atoms with Crippen molar-refractivity contribution >= 4 is 22.7 Å². The molecule has 114 valence electrons. The second-order valence-corrected chi connectivity index (χ2v) is 5.36. The van der Waals surface area contributed by atoms with Crippen molar-refractivity contribution in [1.82, 2.24) is 20.2 Å². The lowest BCUT2D eigenvalue weighted by Gasteiger charge is -2.15. The Bertz CT molecular complexity index is 701. The Morgan fingerprint density at radius 3 is 3.05 bits per heavy atom. The molecule has 0 radical (unpaired) electrons. The van der Waals surface area contributed by atoms with Crippen LogP contribution in [0.1, 0.15) is 29.8 Å². The molecule has 3 rings (SSSR count). The number of nitrogens with one attached hydrogen (secondary N) is 1. The van der Waals surface area contributed by atoms with Crippen molar-refractivity contribution in [3.05, 3.63) is 36.3 Å². The molecule has 1 saturated heterocycles. The Labute approximate surface area is 128 Å². The molecule has 0 spiro atoms. The SMILES string of the molecule is O=C(NCCCN1CCCC1=O)c1ccc2cnccc2n1. The number of aromatic nitrogens is 2. The predicted molar refractivity (Wildman–Crippen MR) is 82.3 cm³/mol. The van der Waals surface area contributed by atoms with Gasteiger partial charge in [0.15, 0.2) is 0 Å². The normalized spacial score (nSPS) is 14.5. The van der Waals surface area contributed by atoms with Crippen LogP contribution in [-0.2, 0) is 4.79 Å². The molecule has 2 aromatic heterocycles. The van der Waals surface area contributed by atoms with Crippen molar-refractivity contribution in [2.24, 2.45) is 0 Å². The first kappa shape index (κ1) is 14.4. The summed E-state index contributed by atoms with van der Waals surface area (Å²) >= 11 is 0. The van der Waals surface area contributed by atoms with E-state index in [1.165, 1.54) is 0 Å². The summed E-state index contributed by atoms with van der Waals surface area (Å²) in [6, 6.07) is 5.32. The van der Waals surface area contributed by atoms with Gasteiger partial charge in [0.1, 0.15) is 5.69 Å². The molecule has 6 heteroatoms. The van der Waals surface area contributed by atoms with Gasteiger partial charge in [-0.2, -0.15) is 0 Å². The third-order valence-corrected chi connectivity index (χ3v) is 3.78. The minimum absolute atomic E-state index is 0.188. The zero-order valence-electron chi connectivity index (χ0n) is 12.3. The van der Waals surface area contributed by atoms with Crippen LogP contribution in [0.2, 0.25) is 0 Å². The summed E-state index contributed by atoms with van der Waals surface area (Å²) in [6.07, 6.45) is 5.74. The Morgan fingerprint density at radius 1 is 1.32 bits per heavy atom. The molecule has 2 aromatic rings. The molecule has 1 aliphatic heterocycles. The average molecular weight is 298 g/mol. The van der Waals surface area contributed by atoms with E-state index >= 15 is 0 Å². The number of likely N-dealkylation sites (tertiary alicyclic amines) is 1. The molecule has 0 aromatic carbocycles. The standard InChI is InChI=1S/C16H18N4O2/c21-15-3-1-9-20(15)10-2-7-18-16(22)14-5-4-12-11-17-8-6-13(12)19-14/h4-6,8,11H,1-3,7,9-10H2,(H,18,22). The summed E-state index contributed by atoms with van der Waals surface area (Å²) in [7, 11) is 0. The first-order chi connectivity index (χ1) is 10.7. The molecule has 22 heavy (non-hydrogen) atoms. The van der Waals surface area contributed by atoms with E-state index in [1.54, 1.807) is 24.5 Å². The maximum atomic E-state index is 12.1. The van der Waals surface area contributed by atoms with Gasteiger partial charge in [-0.1, -0.05) is 0 Å². The van der Waals surface area contributed by atoms with Crippen molar-refractivity contribution in [2.75, 3.05) is 19.6 Å². The van der Waals surface area contributed by atoms with Crippen LogP contribution in [0, 0.1) is 0 Å². The number of amides is 2. The van der Waals surface area contributed by atoms with Crippen LogP contribution in [0.25, 0.3) is 10.9 Å². The van der Waals surface area contributed by atoms with E-state index in [0.717, 1.165) is 30.3 Å². The van der Waals surface area contributed by atoms with E-state index < -0.39 is 0 Å². The lowest BCUT2D eigenvalue weighted by molar-refractivity contribution is -0.127. The number of carbonyl (C=O) groups is 2. The van der Waals surface area contributed by atoms with E-state index in [4.69, 9.17) is 0 Å². The number of hydrogen-bond donors (Lipinski definition) is 1. The second kappa shape index (κ2) is 6.51. The number of fused-ring (bicyclic) bond motifs is 1. The summed E-state index contributed by atoms with van der Waals surface area (Å²) in [5.41, 5.74) is 1.15. The molecule has 2 amide bonds. The molecular weight excluding hydrogens is 280 g/mol. The van der Waals surface area contributed by atoms with E-state index in [1.807, 2.05) is 11.0 Å². The Kier molecular flexibility index (Phi) is 4.27. The van der Waals surface area contributed by atoms with Crippen LogP contribution in [0.15, 0.2) is 30.6 Å². The Balaban J connectivity index is 1.51. The average Bonchev–Trinajstić information content (AvgIpc) is 2.96. The van der Waals surface area contributed by atoms with Crippen LogP contribution < -0.4 is 5.32 Å². The minimum atomic E-state index is -0.188. The third kappa shape index (κ3) is 3.21. The van der Waals surface area contributed by atoms with Gasteiger partial charge in [0.2, 0.25) is 5.91 Å². The highest BCUT2D eigenvalue weighted by molar-refractivity contribution is 5.94. The fraction of sp³-hybridized carbons (Fsp3) is 0.375. The van der Waals surface area contributed by atoms with Gasteiger partial charge in [-0.15, -0.1) is 0 Å². The largest absolute Gasteiger partial charge is 0.351 e. The maximum absolute atomic E-state index is 12.1. The highest BCUT2D eigenvalue weighted by atomic mass is 16.2. The maximum Gasteiger partial charge on any atom is 0.269 e. The van der Waals surface area contributed by atoms with E-state index in [9.17, 15) is 9.59 Å². The summed E-state index contributed by atoms with van der Waals surface area (Å²) in [5.74, 6) is 0.0302. The van der Waals surface area contributed by atoms with Crippen LogP contribution in [-0.4, -0.2) is 46.3 Å². The zero-order valence-corrected chi connectivity index (χ0v) is 12.3. The van der Waals surface area contributed by atoms with Gasteiger partial charge in [-0.3, -0.25) is 14.6 Å². The first-order valence-corrected chi connectivity index (χ1v) is 7.51. The quantitative estimate of drug-likeness (QED) is 0.846. The number of hydrogen-bond acceptors (Lipinski definition) is 4. The third-order valence-electron chi connectivity index (χ3n) is 3.78. The first-order valence-electron chi connectivity index (χ1n) is 7.51. The molecule has 0 bridgehead atoms. The molecule has 1 N–H and O–H groups in total. The van der Waals surface area contributed by atoms with E-state index in [0.29, 0.717) is 25.2 Å². The summed E-state index contributed by atoms with van der Waals surface area (Å²) in [6.45, 7) is 2.08. The Morgan fingerprint density at radius 2 is 2.23 bits per heavy atom. The second-order valence-electron chi connectivity index (χ2n) is 5.36.